The van der Waals surface area contributed by atoms with Gasteiger partial charge in [0.15, 0.2) is 5.90 Å². The summed E-state index contributed by atoms with van der Waals surface area (Å²) >= 11 is 0. The van der Waals surface area contributed by atoms with Crippen LogP contribution in [0.4, 0.5) is 13.2 Å². The van der Waals surface area contributed by atoms with Crippen molar-refractivity contribution >= 4 is 5.90 Å². The fraction of sp³-hybridized carbons (Fsp3) is 0.462. The minimum Gasteiger partial charge on any atom is -0.478 e. The van der Waals surface area contributed by atoms with Gasteiger partial charge in [-0.05, 0) is 30.7 Å². The maximum Gasteiger partial charge on any atom is 0.416 e. The van der Waals surface area contributed by atoms with Gasteiger partial charge in [-0.3, -0.25) is 0 Å². The quantitative estimate of drug-likeness (QED) is 0.916. The molecule has 104 valence electrons. The zero-order valence-electron chi connectivity index (χ0n) is 10.3. The fourth-order valence-electron chi connectivity index (χ4n) is 1.88. The molecular weight excluding hydrogens is 257 g/mol. The summed E-state index contributed by atoms with van der Waals surface area (Å²) in [5.74, 6) is 0.635. The molecule has 19 heavy (non-hydrogen) atoms. The molecule has 0 saturated carbocycles. The first-order valence-corrected chi connectivity index (χ1v) is 6.07. The van der Waals surface area contributed by atoms with E-state index < -0.39 is 11.7 Å². The predicted molar refractivity (Wildman–Crippen MR) is 65.9 cm³/mol. The lowest BCUT2D eigenvalue weighted by atomic mass is 10.1. The van der Waals surface area contributed by atoms with Crippen LogP contribution in [0.15, 0.2) is 29.3 Å². The second kappa shape index (κ2) is 5.61. The minimum atomic E-state index is -4.31. The molecule has 0 spiro atoms. The number of rotatable bonds is 4. The highest BCUT2D eigenvalue weighted by Crippen LogP contribution is 2.31. The maximum atomic E-state index is 12.4. The van der Waals surface area contributed by atoms with Crippen LogP contribution in [-0.4, -0.2) is 19.0 Å². The SMILES string of the molecule is NCCCC1=NC(c2ccc(C(F)(F)F)cc2)CO1. The van der Waals surface area contributed by atoms with Crippen LogP contribution in [0.3, 0.4) is 0 Å². The van der Waals surface area contributed by atoms with Crippen LogP contribution in [0, 0.1) is 0 Å². The summed E-state index contributed by atoms with van der Waals surface area (Å²) in [6.45, 7) is 0.943. The van der Waals surface area contributed by atoms with Crippen molar-refractivity contribution in [1.29, 1.82) is 0 Å². The first kappa shape index (κ1) is 13.9. The van der Waals surface area contributed by atoms with Crippen LogP contribution in [0.5, 0.6) is 0 Å². The Morgan fingerprint density at radius 1 is 1.26 bits per heavy atom. The number of halogens is 3. The Hall–Kier alpha value is -1.56. The molecule has 0 saturated heterocycles. The Morgan fingerprint density at radius 2 is 1.95 bits per heavy atom. The molecule has 0 radical (unpaired) electrons. The van der Waals surface area contributed by atoms with Crippen LogP contribution in [0.1, 0.15) is 30.0 Å². The monoisotopic (exact) mass is 272 g/mol. The predicted octanol–water partition coefficient (Wildman–Crippen LogP) is 2.91. The molecule has 1 heterocycles. The number of alkyl halides is 3. The summed E-state index contributed by atoms with van der Waals surface area (Å²) in [5.41, 5.74) is 5.47. The van der Waals surface area contributed by atoms with Gasteiger partial charge in [-0.1, -0.05) is 12.1 Å². The van der Waals surface area contributed by atoms with Crippen molar-refractivity contribution in [3.05, 3.63) is 35.4 Å². The van der Waals surface area contributed by atoms with E-state index in [1.54, 1.807) is 0 Å². The summed E-state index contributed by atoms with van der Waals surface area (Å²) in [4.78, 5) is 4.35. The van der Waals surface area contributed by atoms with Gasteiger partial charge >= 0.3 is 6.18 Å². The Bertz CT molecular complexity index is 454. The Kier molecular flexibility index (Phi) is 4.09. The molecule has 1 aliphatic rings. The number of hydrogen-bond acceptors (Lipinski definition) is 3. The molecule has 3 nitrogen and oxygen atoms in total. The average Bonchev–Trinajstić information content (AvgIpc) is 2.84. The number of hydrogen-bond donors (Lipinski definition) is 1. The van der Waals surface area contributed by atoms with Crippen LogP contribution < -0.4 is 5.73 Å². The third-order valence-corrected chi connectivity index (χ3v) is 2.93. The van der Waals surface area contributed by atoms with Crippen molar-refractivity contribution < 1.29 is 17.9 Å². The summed E-state index contributed by atoms with van der Waals surface area (Å²) < 4.78 is 42.7. The van der Waals surface area contributed by atoms with E-state index in [2.05, 4.69) is 4.99 Å². The molecule has 0 amide bonds. The van der Waals surface area contributed by atoms with Crippen molar-refractivity contribution in [1.82, 2.24) is 0 Å². The zero-order chi connectivity index (χ0) is 13.9. The van der Waals surface area contributed by atoms with E-state index in [4.69, 9.17) is 10.5 Å². The van der Waals surface area contributed by atoms with E-state index in [-0.39, 0.29) is 6.04 Å². The number of aliphatic imine (C=N–C) groups is 1. The normalized spacial score (nSPS) is 19.2. The summed E-state index contributed by atoms with van der Waals surface area (Å²) in [6, 6.07) is 4.83. The Balaban J connectivity index is 2.05. The fourth-order valence-corrected chi connectivity index (χ4v) is 1.88. The van der Waals surface area contributed by atoms with E-state index in [9.17, 15) is 13.2 Å². The van der Waals surface area contributed by atoms with Crippen molar-refractivity contribution in [2.75, 3.05) is 13.2 Å². The van der Waals surface area contributed by atoms with Gasteiger partial charge in [-0.15, -0.1) is 0 Å². The van der Waals surface area contributed by atoms with Gasteiger partial charge in [0.05, 0.1) is 5.56 Å². The lowest BCUT2D eigenvalue weighted by Crippen LogP contribution is -2.05. The highest BCUT2D eigenvalue weighted by atomic mass is 19.4. The molecule has 2 N–H and O–H groups in total. The number of nitrogens with zero attached hydrogens (tertiary/aromatic N) is 1. The summed E-state index contributed by atoms with van der Waals surface area (Å²) in [6.07, 6.45) is -2.84. The van der Waals surface area contributed by atoms with E-state index in [1.807, 2.05) is 0 Å². The summed E-state index contributed by atoms with van der Waals surface area (Å²) in [5, 5.41) is 0. The van der Waals surface area contributed by atoms with Crippen LogP contribution in [0.2, 0.25) is 0 Å². The molecule has 0 fully saturated rings. The number of ether oxygens (including phenoxy) is 1. The standard InChI is InChI=1S/C13H15F3N2O/c14-13(15,16)10-5-3-9(4-6-10)11-8-19-12(18-11)2-1-7-17/h3-6,11H,1-2,7-8,17H2. The van der Waals surface area contributed by atoms with Crippen LogP contribution in [-0.2, 0) is 10.9 Å². The zero-order valence-corrected chi connectivity index (χ0v) is 10.3. The van der Waals surface area contributed by atoms with Gasteiger partial charge in [0.25, 0.3) is 0 Å². The molecule has 0 aliphatic carbocycles. The van der Waals surface area contributed by atoms with E-state index in [1.165, 1.54) is 12.1 Å². The largest absolute Gasteiger partial charge is 0.478 e. The molecule has 1 aliphatic heterocycles. The highest BCUT2D eigenvalue weighted by Gasteiger charge is 2.30. The molecule has 2 rings (SSSR count). The molecule has 1 aromatic carbocycles. The average molecular weight is 272 g/mol. The van der Waals surface area contributed by atoms with E-state index in [0.29, 0.717) is 25.5 Å². The first-order chi connectivity index (χ1) is 9.00. The maximum absolute atomic E-state index is 12.4. The second-order valence-electron chi connectivity index (χ2n) is 4.36. The van der Waals surface area contributed by atoms with Gasteiger partial charge in [-0.2, -0.15) is 13.2 Å². The van der Waals surface area contributed by atoms with Gasteiger partial charge in [0.2, 0.25) is 0 Å². The molecule has 1 atom stereocenters. The van der Waals surface area contributed by atoms with Gasteiger partial charge in [0, 0.05) is 6.42 Å². The van der Waals surface area contributed by atoms with Gasteiger partial charge in [0.1, 0.15) is 12.6 Å². The third-order valence-electron chi connectivity index (χ3n) is 2.93. The first-order valence-electron chi connectivity index (χ1n) is 6.07. The minimum absolute atomic E-state index is 0.213. The molecule has 1 aromatic rings. The smallest absolute Gasteiger partial charge is 0.416 e. The van der Waals surface area contributed by atoms with Crippen LogP contribution in [0.25, 0.3) is 0 Å². The van der Waals surface area contributed by atoms with Crippen LogP contribution >= 0.6 is 0 Å². The third kappa shape index (κ3) is 3.47. The number of nitrogens with two attached hydrogens (primary N) is 1. The van der Waals surface area contributed by atoms with E-state index >= 15 is 0 Å². The van der Waals surface area contributed by atoms with Crippen molar-refractivity contribution in [3.8, 4) is 0 Å². The van der Waals surface area contributed by atoms with Gasteiger partial charge in [-0.25, -0.2) is 4.99 Å². The lowest BCUT2D eigenvalue weighted by Gasteiger charge is -2.09. The summed E-state index contributed by atoms with van der Waals surface area (Å²) in [7, 11) is 0. The topological polar surface area (TPSA) is 47.6 Å². The highest BCUT2D eigenvalue weighted by molar-refractivity contribution is 5.77. The van der Waals surface area contributed by atoms with Crippen molar-refractivity contribution in [2.45, 2.75) is 25.1 Å². The molecule has 0 aromatic heterocycles. The van der Waals surface area contributed by atoms with Crippen molar-refractivity contribution in [2.24, 2.45) is 10.7 Å². The molecule has 6 heteroatoms. The molecule has 0 bridgehead atoms. The van der Waals surface area contributed by atoms with E-state index in [0.717, 1.165) is 24.1 Å². The Labute approximate surface area is 109 Å². The molecule has 1 unspecified atom stereocenters. The second-order valence-corrected chi connectivity index (χ2v) is 4.36. The van der Waals surface area contributed by atoms with Gasteiger partial charge < -0.3 is 10.5 Å². The Morgan fingerprint density at radius 3 is 2.53 bits per heavy atom. The molecular formula is C13H15F3N2O. The lowest BCUT2D eigenvalue weighted by molar-refractivity contribution is -0.137. The van der Waals surface area contributed by atoms with Crippen molar-refractivity contribution in [3.63, 3.8) is 0 Å². The number of benzene rings is 1.